The molecule has 2 aliphatic rings. The Hall–Kier alpha value is -3.50. The second-order valence-electron chi connectivity index (χ2n) is 7.39. The van der Waals surface area contributed by atoms with Gasteiger partial charge in [0.25, 0.3) is 0 Å². The number of urea groups is 1. The number of benzene rings is 1. The molecule has 1 saturated heterocycles. The van der Waals surface area contributed by atoms with E-state index in [4.69, 9.17) is 9.47 Å². The number of ether oxygens (including phenoxy) is 2. The van der Waals surface area contributed by atoms with E-state index in [1.54, 1.807) is 42.6 Å². The second kappa shape index (κ2) is 8.56. The maximum Gasteiger partial charge on any atom is 0.328 e. The molecule has 2 atom stereocenters. The van der Waals surface area contributed by atoms with Gasteiger partial charge in [0.15, 0.2) is 17.3 Å². The number of carbonyl (C=O) groups is 4. The molecule has 0 radical (unpaired) electrons. The Morgan fingerprint density at radius 2 is 1.91 bits per heavy atom. The van der Waals surface area contributed by atoms with Crippen molar-refractivity contribution in [2.24, 2.45) is 5.92 Å². The van der Waals surface area contributed by atoms with Crippen molar-refractivity contribution >= 4 is 35.0 Å². The lowest BCUT2D eigenvalue weighted by atomic mass is 9.81. The zero-order valence-corrected chi connectivity index (χ0v) is 18.0. The number of aliphatic hydroxyl groups excluding tert-OH is 1. The van der Waals surface area contributed by atoms with Gasteiger partial charge in [-0.2, -0.15) is 0 Å². The number of ketones is 1. The Kier molecular flexibility index (Phi) is 5.81. The van der Waals surface area contributed by atoms with Gasteiger partial charge in [0.2, 0.25) is 11.8 Å². The van der Waals surface area contributed by atoms with Crippen LogP contribution in [0.25, 0.3) is 0 Å². The van der Waals surface area contributed by atoms with E-state index in [9.17, 15) is 24.3 Å². The summed E-state index contributed by atoms with van der Waals surface area (Å²) in [5.41, 5.74) is 0.421. The highest BCUT2D eigenvalue weighted by Gasteiger charge is 2.43. The average molecular weight is 456 g/mol. The molecule has 3 heterocycles. The topological polar surface area (TPSA) is 131 Å². The van der Waals surface area contributed by atoms with Crippen molar-refractivity contribution in [1.29, 1.82) is 0 Å². The van der Waals surface area contributed by atoms with E-state index in [-0.39, 0.29) is 17.8 Å². The lowest BCUT2D eigenvalue weighted by molar-refractivity contribution is -0.137. The monoisotopic (exact) mass is 456 g/mol. The summed E-state index contributed by atoms with van der Waals surface area (Å²) in [4.78, 5) is 50.4. The van der Waals surface area contributed by atoms with Crippen molar-refractivity contribution in [2.75, 3.05) is 7.11 Å². The first-order chi connectivity index (χ1) is 15.3. The van der Waals surface area contributed by atoms with Crippen LogP contribution in [0.15, 0.2) is 47.0 Å². The molecule has 3 N–H and O–H groups in total. The van der Waals surface area contributed by atoms with Gasteiger partial charge in [0.1, 0.15) is 17.8 Å². The van der Waals surface area contributed by atoms with Gasteiger partial charge in [-0.15, -0.1) is 11.3 Å². The van der Waals surface area contributed by atoms with Crippen molar-refractivity contribution in [3.8, 4) is 11.5 Å². The summed E-state index contributed by atoms with van der Waals surface area (Å²) in [6.45, 7) is 1.56. The summed E-state index contributed by atoms with van der Waals surface area (Å²) in [5.74, 6) is -3.16. The SMILES string of the molecule is COc1cccc2c1OC(C)=C(C(=O)CC(c1cccs1)C1C(=O)NC(=O)NC1=O)C2O. The van der Waals surface area contributed by atoms with Gasteiger partial charge < -0.3 is 14.6 Å². The van der Waals surface area contributed by atoms with Gasteiger partial charge in [0, 0.05) is 22.8 Å². The van der Waals surface area contributed by atoms with E-state index in [1.807, 2.05) is 0 Å². The van der Waals surface area contributed by atoms with Crippen LogP contribution in [0.2, 0.25) is 0 Å². The molecule has 10 heteroatoms. The normalized spacial score (nSPS) is 19.6. The predicted octanol–water partition coefficient (Wildman–Crippen LogP) is 2.18. The number of allylic oxidation sites excluding steroid dienone is 1. The third kappa shape index (κ3) is 3.78. The fourth-order valence-corrected chi connectivity index (χ4v) is 4.88. The standard InChI is InChI=1S/C22H20N2O7S/c1-10-16(18(26)11-5-3-6-14(30-2)19(11)31-10)13(25)9-12(15-7-4-8-32-15)17-20(27)23-22(29)24-21(17)28/h3-8,12,17-18,26H,9H2,1-2H3,(H2,23,24,27,28,29). The van der Waals surface area contributed by atoms with Crippen molar-refractivity contribution in [2.45, 2.75) is 25.4 Å². The van der Waals surface area contributed by atoms with Crippen LogP contribution in [0.3, 0.4) is 0 Å². The number of nitrogens with one attached hydrogen (secondary N) is 2. The molecule has 2 aliphatic heterocycles. The van der Waals surface area contributed by atoms with Crippen LogP contribution in [-0.2, 0) is 14.4 Å². The Morgan fingerprint density at radius 1 is 1.19 bits per heavy atom. The molecule has 1 aromatic carbocycles. The summed E-state index contributed by atoms with van der Waals surface area (Å²) in [6.07, 6.45) is -1.51. The molecule has 0 aliphatic carbocycles. The fourth-order valence-electron chi connectivity index (χ4n) is 4.01. The van der Waals surface area contributed by atoms with E-state index in [0.29, 0.717) is 21.9 Å². The number of barbiturate groups is 1. The Balaban J connectivity index is 1.67. The number of hydrogen-bond acceptors (Lipinski definition) is 8. The van der Waals surface area contributed by atoms with E-state index in [2.05, 4.69) is 10.6 Å². The van der Waals surface area contributed by atoms with Gasteiger partial charge in [-0.25, -0.2) is 4.79 Å². The maximum absolute atomic E-state index is 13.4. The molecule has 0 spiro atoms. The molecule has 4 amide bonds. The summed E-state index contributed by atoms with van der Waals surface area (Å²) in [5, 5.41) is 16.9. The minimum absolute atomic E-state index is 0.0417. The molecule has 0 saturated carbocycles. The molecule has 166 valence electrons. The van der Waals surface area contributed by atoms with Gasteiger partial charge in [-0.1, -0.05) is 18.2 Å². The molecule has 0 bridgehead atoms. The first kappa shape index (κ1) is 21.7. The molecule has 32 heavy (non-hydrogen) atoms. The lowest BCUT2D eigenvalue weighted by Crippen LogP contribution is -2.57. The number of aliphatic hydroxyl groups is 1. The molecule has 1 fully saturated rings. The van der Waals surface area contributed by atoms with Gasteiger partial charge >= 0.3 is 6.03 Å². The number of thiophene rings is 1. The van der Waals surface area contributed by atoms with E-state index in [0.717, 1.165) is 0 Å². The first-order valence-electron chi connectivity index (χ1n) is 9.77. The number of hydrogen-bond donors (Lipinski definition) is 3. The highest BCUT2D eigenvalue weighted by atomic mass is 32.1. The molecular weight excluding hydrogens is 436 g/mol. The largest absolute Gasteiger partial charge is 0.493 e. The highest BCUT2D eigenvalue weighted by molar-refractivity contribution is 7.10. The van der Waals surface area contributed by atoms with Crippen molar-refractivity contribution in [3.63, 3.8) is 0 Å². The minimum atomic E-state index is -1.27. The molecular formula is C22H20N2O7S. The number of carbonyl (C=O) groups excluding carboxylic acids is 4. The zero-order chi connectivity index (χ0) is 23.0. The first-order valence-corrected chi connectivity index (χ1v) is 10.7. The summed E-state index contributed by atoms with van der Waals surface area (Å²) in [7, 11) is 1.47. The summed E-state index contributed by atoms with van der Waals surface area (Å²) < 4.78 is 11.1. The van der Waals surface area contributed by atoms with Crippen LogP contribution < -0.4 is 20.1 Å². The highest BCUT2D eigenvalue weighted by Crippen LogP contribution is 2.44. The molecule has 1 aromatic heterocycles. The third-order valence-electron chi connectivity index (χ3n) is 5.49. The Labute approximate surface area is 187 Å². The van der Waals surface area contributed by atoms with Crippen LogP contribution in [0.5, 0.6) is 11.5 Å². The van der Waals surface area contributed by atoms with E-state index in [1.165, 1.54) is 18.4 Å². The number of rotatable bonds is 6. The average Bonchev–Trinajstić information content (AvgIpc) is 3.26. The van der Waals surface area contributed by atoms with Crippen LogP contribution in [0, 0.1) is 5.92 Å². The zero-order valence-electron chi connectivity index (χ0n) is 17.2. The molecule has 9 nitrogen and oxygen atoms in total. The van der Waals surface area contributed by atoms with Crippen LogP contribution in [0.1, 0.15) is 35.8 Å². The number of methoxy groups -OCH3 is 1. The summed E-state index contributed by atoms with van der Waals surface area (Å²) >= 11 is 1.29. The number of fused-ring (bicyclic) bond motifs is 1. The number of para-hydroxylation sites is 1. The van der Waals surface area contributed by atoms with Crippen molar-refractivity contribution < 1.29 is 33.8 Å². The molecule has 4 rings (SSSR count). The van der Waals surface area contributed by atoms with Gasteiger partial charge in [-0.3, -0.25) is 25.0 Å². The van der Waals surface area contributed by atoms with Crippen LogP contribution in [-0.4, -0.2) is 35.8 Å². The number of Topliss-reactive ketones (excluding diaryl/α,β-unsaturated/α-hetero) is 1. The quantitative estimate of drug-likeness (QED) is 0.568. The fraction of sp³-hybridized carbons (Fsp3) is 0.273. The summed E-state index contributed by atoms with van der Waals surface area (Å²) in [6, 6.07) is 7.55. The molecule has 2 unspecified atom stereocenters. The van der Waals surface area contributed by atoms with E-state index >= 15 is 0 Å². The third-order valence-corrected chi connectivity index (χ3v) is 6.49. The van der Waals surface area contributed by atoms with Crippen molar-refractivity contribution in [1.82, 2.24) is 10.6 Å². The Bertz CT molecular complexity index is 1120. The predicted molar refractivity (Wildman–Crippen MR) is 113 cm³/mol. The van der Waals surface area contributed by atoms with Crippen molar-refractivity contribution in [3.05, 3.63) is 57.5 Å². The number of amides is 4. The second-order valence-corrected chi connectivity index (χ2v) is 8.37. The van der Waals surface area contributed by atoms with E-state index < -0.39 is 41.6 Å². The smallest absolute Gasteiger partial charge is 0.328 e. The van der Waals surface area contributed by atoms with Gasteiger partial charge in [0.05, 0.1) is 12.7 Å². The number of imide groups is 2. The van der Waals surface area contributed by atoms with Crippen LogP contribution in [0.4, 0.5) is 4.79 Å². The van der Waals surface area contributed by atoms with Gasteiger partial charge in [-0.05, 0) is 24.4 Å². The minimum Gasteiger partial charge on any atom is -0.493 e. The maximum atomic E-state index is 13.4. The van der Waals surface area contributed by atoms with Crippen LogP contribution >= 0.6 is 11.3 Å². The molecule has 2 aromatic rings. The lowest BCUT2D eigenvalue weighted by Gasteiger charge is -2.30. The Morgan fingerprint density at radius 3 is 2.53 bits per heavy atom.